The molecule has 2 aromatic carbocycles. The lowest BCUT2D eigenvalue weighted by Gasteiger charge is -2.47. The largest absolute Gasteiger partial charge is 0.416 e. The molecule has 0 aliphatic carbocycles. The maximum Gasteiger partial charge on any atom is 0.416 e. The summed E-state index contributed by atoms with van der Waals surface area (Å²) in [6, 6.07) is 10.8. The molecule has 2 heterocycles. The second kappa shape index (κ2) is 11.2. The van der Waals surface area contributed by atoms with Crippen LogP contribution in [0.3, 0.4) is 0 Å². The number of aryl methyl sites for hydroxylation is 1. The number of carbonyl (C=O) groups excluding carboxylic acids is 2. The number of aliphatic hydroxyl groups is 2. The van der Waals surface area contributed by atoms with Crippen LogP contribution in [-0.2, 0) is 11.0 Å². The van der Waals surface area contributed by atoms with E-state index in [1.807, 2.05) is 31.2 Å². The van der Waals surface area contributed by atoms with E-state index >= 15 is 0 Å². The Kier molecular flexibility index (Phi) is 8.28. The predicted octanol–water partition coefficient (Wildman–Crippen LogP) is 4.54. The Morgan fingerprint density at radius 3 is 2.38 bits per heavy atom. The molecule has 3 unspecified atom stereocenters. The SMILES string of the molecule is Cc1ccccc1C1C2CC(CCO)(CCO)C(=O)N2CCN1C(=O)N(C)C(C)c1cccc(C(F)(F)F)c1. The van der Waals surface area contributed by atoms with Gasteiger partial charge in [0.05, 0.1) is 29.1 Å². The molecule has 39 heavy (non-hydrogen) atoms. The highest BCUT2D eigenvalue weighted by Crippen LogP contribution is 2.49. The number of alkyl halides is 3. The Bertz CT molecular complexity index is 1200. The fraction of sp³-hybridized carbons (Fsp3) is 0.517. The van der Waals surface area contributed by atoms with E-state index in [4.69, 9.17) is 0 Å². The standard InChI is InChI=1S/C29H36F3N3O4/c1-19-7-4-5-10-23(19)25-24-18-28(11-15-36,12-16-37)26(38)34(24)13-14-35(25)27(39)33(3)20(2)21-8-6-9-22(17-21)29(30,31)32/h4-10,17,20,24-25,36-37H,11-16,18H2,1-3H3. The van der Waals surface area contributed by atoms with Gasteiger partial charge in [0.25, 0.3) is 0 Å². The number of nitrogens with zero attached hydrogens (tertiary/aromatic N) is 3. The zero-order chi connectivity index (χ0) is 28.5. The van der Waals surface area contributed by atoms with Gasteiger partial charge in [-0.3, -0.25) is 4.79 Å². The lowest BCUT2D eigenvalue weighted by molar-refractivity contribution is -0.140. The topological polar surface area (TPSA) is 84.3 Å². The maximum atomic E-state index is 14.0. The van der Waals surface area contributed by atoms with Crippen molar-refractivity contribution in [2.24, 2.45) is 5.41 Å². The number of carbonyl (C=O) groups is 2. The van der Waals surface area contributed by atoms with Crippen molar-refractivity contribution >= 4 is 11.9 Å². The minimum absolute atomic E-state index is 0.119. The van der Waals surface area contributed by atoms with Crippen molar-refractivity contribution in [2.45, 2.75) is 57.4 Å². The van der Waals surface area contributed by atoms with Crippen molar-refractivity contribution in [3.8, 4) is 0 Å². The average molecular weight is 548 g/mol. The second-order valence-electron chi connectivity index (χ2n) is 10.7. The lowest BCUT2D eigenvalue weighted by atomic mass is 9.77. The van der Waals surface area contributed by atoms with Crippen LogP contribution in [0.4, 0.5) is 18.0 Å². The quantitative estimate of drug-likeness (QED) is 0.534. The van der Waals surface area contributed by atoms with Crippen LogP contribution in [0.2, 0.25) is 0 Å². The van der Waals surface area contributed by atoms with Crippen LogP contribution in [0.5, 0.6) is 0 Å². The van der Waals surface area contributed by atoms with Gasteiger partial charge >= 0.3 is 12.2 Å². The van der Waals surface area contributed by atoms with E-state index in [0.29, 0.717) is 18.5 Å². The van der Waals surface area contributed by atoms with Crippen LogP contribution < -0.4 is 0 Å². The van der Waals surface area contributed by atoms with E-state index in [1.165, 1.54) is 11.0 Å². The van der Waals surface area contributed by atoms with Crippen molar-refractivity contribution in [1.82, 2.24) is 14.7 Å². The normalized spacial score (nSPS) is 21.6. The van der Waals surface area contributed by atoms with Gasteiger partial charge in [-0.1, -0.05) is 36.4 Å². The van der Waals surface area contributed by atoms with Gasteiger partial charge in [0.1, 0.15) is 0 Å². The Morgan fingerprint density at radius 2 is 1.77 bits per heavy atom. The molecule has 2 aliphatic rings. The Balaban J connectivity index is 1.70. The first kappa shape index (κ1) is 28.9. The Hall–Kier alpha value is -3.11. The number of rotatable bonds is 7. The molecule has 10 heteroatoms. The molecule has 0 saturated carbocycles. The van der Waals surface area contributed by atoms with Gasteiger partial charge in [-0.2, -0.15) is 13.2 Å². The molecule has 2 aliphatic heterocycles. The molecule has 2 saturated heterocycles. The molecular weight excluding hydrogens is 511 g/mol. The van der Waals surface area contributed by atoms with E-state index in [9.17, 15) is 33.0 Å². The Labute approximate surface area is 226 Å². The number of hydrogen-bond donors (Lipinski definition) is 2. The number of aliphatic hydroxyl groups excluding tert-OH is 2. The van der Waals surface area contributed by atoms with E-state index in [1.54, 1.807) is 29.8 Å². The van der Waals surface area contributed by atoms with Gasteiger partial charge in [0.15, 0.2) is 0 Å². The van der Waals surface area contributed by atoms with E-state index in [-0.39, 0.29) is 50.6 Å². The summed E-state index contributed by atoms with van der Waals surface area (Å²) in [5.41, 5.74) is 0.522. The fourth-order valence-corrected chi connectivity index (χ4v) is 6.21. The number of piperazine rings is 1. The number of fused-ring (bicyclic) bond motifs is 1. The van der Waals surface area contributed by atoms with Crippen molar-refractivity contribution in [3.63, 3.8) is 0 Å². The fourth-order valence-electron chi connectivity index (χ4n) is 6.21. The summed E-state index contributed by atoms with van der Waals surface area (Å²) in [4.78, 5) is 32.6. The number of urea groups is 1. The summed E-state index contributed by atoms with van der Waals surface area (Å²) < 4.78 is 40.0. The molecule has 0 radical (unpaired) electrons. The first-order chi connectivity index (χ1) is 18.4. The number of halogens is 3. The summed E-state index contributed by atoms with van der Waals surface area (Å²) in [5.74, 6) is -0.119. The molecule has 212 valence electrons. The zero-order valence-corrected chi connectivity index (χ0v) is 22.5. The number of benzene rings is 2. The average Bonchev–Trinajstić information content (AvgIpc) is 3.18. The van der Waals surface area contributed by atoms with Crippen LogP contribution >= 0.6 is 0 Å². The molecular formula is C29H36F3N3O4. The van der Waals surface area contributed by atoms with Gasteiger partial charge in [-0.15, -0.1) is 0 Å². The van der Waals surface area contributed by atoms with E-state index in [2.05, 4.69) is 0 Å². The van der Waals surface area contributed by atoms with Crippen LogP contribution in [0.15, 0.2) is 48.5 Å². The molecule has 4 rings (SSSR count). The molecule has 7 nitrogen and oxygen atoms in total. The molecule has 3 atom stereocenters. The summed E-state index contributed by atoms with van der Waals surface area (Å²) >= 11 is 0. The molecule has 2 fully saturated rings. The third-order valence-electron chi connectivity index (χ3n) is 8.51. The minimum Gasteiger partial charge on any atom is -0.396 e. The minimum atomic E-state index is -4.49. The highest BCUT2D eigenvalue weighted by molar-refractivity contribution is 5.86. The van der Waals surface area contributed by atoms with Crippen molar-refractivity contribution < 1.29 is 33.0 Å². The molecule has 0 bridgehead atoms. The monoisotopic (exact) mass is 547 g/mol. The smallest absolute Gasteiger partial charge is 0.396 e. The van der Waals surface area contributed by atoms with E-state index < -0.39 is 29.2 Å². The van der Waals surface area contributed by atoms with Crippen molar-refractivity contribution in [2.75, 3.05) is 33.4 Å². The molecule has 2 N–H and O–H groups in total. The zero-order valence-electron chi connectivity index (χ0n) is 22.5. The van der Waals surface area contributed by atoms with E-state index in [0.717, 1.165) is 23.3 Å². The number of amides is 3. The van der Waals surface area contributed by atoms with Crippen LogP contribution in [0, 0.1) is 12.3 Å². The van der Waals surface area contributed by atoms with Gasteiger partial charge < -0.3 is 24.9 Å². The van der Waals surface area contributed by atoms with Gasteiger partial charge in [0.2, 0.25) is 5.91 Å². The van der Waals surface area contributed by atoms with Crippen LogP contribution in [0.1, 0.15) is 60.5 Å². The number of hydrogen-bond acceptors (Lipinski definition) is 4. The third-order valence-corrected chi connectivity index (χ3v) is 8.51. The summed E-state index contributed by atoms with van der Waals surface area (Å²) in [5, 5.41) is 19.5. The van der Waals surface area contributed by atoms with Gasteiger partial charge in [-0.05, 0) is 61.9 Å². The third kappa shape index (κ3) is 5.36. The summed E-state index contributed by atoms with van der Waals surface area (Å²) in [7, 11) is 1.58. The first-order valence-corrected chi connectivity index (χ1v) is 13.2. The highest BCUT2D eigenvalue weighted by Gasteiger charge is 2.56. The maximum absolute atomic E-state index is 14.0. The summed E-state index contributed by atoms with van der Waals surface area (Å²) in [6.45, 7) is 3.79. The summed E-state index contributed by atoms with van der Waals surface area (Å²) in [6.07, 6.45) is -3.67. The first-order valence-electron chi connectivity index (χ1n) is 13.2. The highest BCUT2D eigenvalue weighted by atomic mass is 19.4. The molecule has 3 amide bonds. The molecule has 2 aromatic rings. The lowest BCUT2D eigenvalue weighted by Crippen LogP contribution is -2.57. The van der Waals surface area contributed by atoms with Crippen LogP contribution in [0.25, 0.3) is 0 Å². The van der Waals surface area contributed by atoms with Gasteiger partial charge in [-0.25, -0.2) is 4.79 Å². The van der Waals surface area contributed by atoms with Crippen molar-refractivity contribution in [3.05, 3.63) is 70.8 Å². The molecule has 0 spiro atoms. The Morgan fingerprint density at radius 1 is 1.10 bits per heavy atom. The van der Waals surface area contributed by atoms with Crippen LogP contribution in [-0.4, -0.2) is 76.2 Å². The second-order valence-corrected chi connectivity index (χ2v) is 10.7. The molecule has 0 aromatic heterocycles. The van der Waals surface area contributed by atoms with Gasteiger partial charge in [0, 0.05) is 33.4 Å². The predicted molar refractivity (Wildman–Crippen MR) is 140 cm³/mol. The van der Waals surface area contributed by atoms with Crippen molar-refractivity contribution in [1.29, 1.82) is 0 Å².